The fourth-order valence-electron chi connectivity index (χ4n) is 2.78. The van der Waals surface area contributed by atoms with E-state index in [9.17, 15) is 4.79 Å². The number of benzene rings is 1. The summed E-state index contributed by atoms with van der Waals surface area (Å²) in [5.41, 5.74) is 0.175. The third-order valence-corrected chi connectivity index (χ3v) is 4.38. The second kappa shape index (κ2) is 6.45. The van der Waals surface area contributed by atoms with E-state index in [1.807, 2.05) is 37.2 Å². The first-order valence-electron chi connectivity index (χ1n) is 7.24. The predicted molar refractivity (Wildman–Crippen MR) is 81.5 cm³/mol. The minimum Gasteiger partial charge on any atom is -0.493 e. The molecule has 0 aliphatic carbocycles. The van der Waals surface area contributed by atoms with Crippen LogP contribution in [0.3, 0.4) is 0 Å². The molecule has 1 aliphatic rings. The first kappa shape index (κ1) is 15.8. The highest BCUT2D eigenvalue weighted by atomic mass is 16.5. The van der Waals surface area contributed by atoms with Crippen molar-refractivity contribution in [3.05, 3.63) is 23.8 Å². The van der Waals surface area contributed by atoms with Crippen molar-refractivity contribution in [2.24, 2.45) is 0 Å². The Bertz CT molecular complexity index is 500. The van der Waals surface area contributed by atoms with Crippen molar-refractivity contribution in [1.29, 1.82) is 0 Å². The standard InChI is InChI=1S/C16H24N2O3/c1-16(12-19,17(2)18-9-5-6-10-18)13-7-8-14(20-3)15(11-13)21-4/h7-8,11-12H,5-6,9-10H2,1-4H3. The van der Waals surface area contributed by atoms with Crippen LogP contribution >= 0.6 is 0 Å². The van der Waals surface area contributed by atoms with Gasteiger partial charge in [-0.05, 0) is 37.5 Å². The lowest BCUT2D eigenvalue weighted by Crippen LogP contribution is -2.51. The maximum Gasteiger partial charge on any atom is 0.161 e. The van der Waals surface area contributed by atoms with E-state index in [0.29, 0.717) is 11.5 Å². The second-order valence-electron chi connectivity index (χ2n) is 5.52. The maximum absolute atomic E-state index is 11.8. The zero-order chi connectivity index (χ0) is 15.5. The van der Waals surface area contributed by atoms with Gasteiger partial charge in [-0.25, -0.2) is 10.0 Å². The van der Waals surface area contributed by atoms with E-state index in [0.717, 1.165) is 24.9 Å². The summed E-state index contributed by atoms with van der Waals surface area (Å²) in [7, 11) is 5.17. The zero-order valence-electron chi connectivity index (χ0n) is 13.3. The lowest BCUT2D eigenvalue weighted by Gasteiger charge is -2.40. The van der Waals surface area contributed by atoms with E-state index in [2.05, 4.69) is 5.01 Å². The molecule has 5 nitrogen and oxygen atoms in total. The Morgan fingerprint density at radius 3 is 2.33 bits per heavy atom. The Labute approximate surface area is 126 Å². The summed E-state index contributed by atoms with van der Waals surface area (Å²) in [5, 5.41) is 4.26. The van der Waals surface area contributed by atoms with Gasteiger partial charge in [0.25, 0.3) is 0 Å². The van der Waals surface area contributed by atoms with Crippen LogP contribution in [0.15, 0.2) is 18.2 Å². The molecule has 1 saturated heterocycles. The Hall–Kier alpha value is -1.59. The number of carbonyl (C=O) groups excluding carboxylic acids is 1. The number of likely N-dealkylation sites (N-methyl/N-ethyl adjacent to an activating group) is 1. The van der Waals surface area contributed by atoms with Gasteiger partial charge in [0.05, 0.1) is 14.2 Å². The number of hydrogen-bond donors (Lipinski definition) is 0. The van der Waals surface area contributed by atoms with Gasteiger partial charge >= 0.3 is 0 Å². The third-order valence-electron chi connectivity index (χ3n) is 4.38. The van der Waals surface area contributed by atoms with Crippen molar-refractivity contribution in [2.75, 3.05) is 34.4 Å². The van der Waals surface area contributed by atoms with E-state index in [1.54, 1.807) is 14.2 Å². The summed E-state index contributed by atoms with van der Waals surface area (Å²) in [6.07, 6.45) is 3.34. The first-order valence-corrected chi connectivity index (χ1v) is 7.24. The molecule has 2 rings (SSSR count). The average molecular weight is 292 g/mol. The molecule has 1 aliphatic heterocycles. The van der Waals surface area contributed by atoms with Gasteiger partial charge < -0.3 is 14.3 Å². The van der Waals surface area contributed by atoms with Crippen LogP contribution in [0.1, 0.15) is 25.3 Å². The fraction of sp³-hybridized carbons (Fsp3) is 0.562. The van der Waals surface area contributed by atoms with E-state index in [1.165, 1.54) is 12.8 Å². The number of methoxy groups -OCH3 is 2. The molecule has 1 heterocycles. The third kappa shape index (κ3) is 2.89. The molecule has 0 bridgehead atoms. The molecular weight excluding hydrogens is 268 g/mol. The van der Waals surface area contributed by atoms with Crippen LogP contribution in [0.4, 0.5) is 0 Å². The maximum atomic E-state index is 11.8. The summed E-state index contributed by atoms with van der Waals surface area (Å²) in [6, 6.07) is 5.63. The SMILES string of the molecule is COc1ccc(C(C)(C=O)N(C)N2CCCC2)cc1OC. The monoisotopic (exact) mass is 292 g/mol. The fourth-order valence-corrected chi connectivity index (χ4v) is 2.78. The topological polar surface area (TPSA) is 42.0 Å². The molecule has 0 spiro atoms. The number of hydrogen-bond acceptors (Lipinski definition) is 5. The van der Waals surface area contributed by atoms with Gasteiger partial charge in [0.2, 0.25) is 0 Å². The van der Waals surface area contributed by atoms with Gasteiger partial charge in [0, 0.05) is 20.1 Å². The number of rotatable bonds is 6. The van der Waals surface area contributed by atoms with Gasteiger partial charge in [0.15, 0.2) is 11.5 Å². The molecule has 0 N–H and O–H groups in total. The van der Waals surface area contributed by atoms with Crippen molar-refractivity contribution in [2.45, 2.75) is 25.3 Å². The van der Waals surface area contributed by atoms with E-state index < -0.39 is 5.54 Å². The smallest absolute Gasteiger partial charge is 0.161 e. The second-order valence-corrected chi connectivity index (χ2v) is 5.52. The van der Waals surface area contributed by atoms with Crippen LogP contribution < -0.4 is 9.47 Å². The molecule has 1 fully saturated rings. The lowest BCUT2D eigenvalue weighted by atomic mass is 9.92. The van der Waals surface area contributed by atoms with Gasteiger partial charge in [-0.2, -0.15) is 0 Å². The zero-order valence-corrected chi connectivity index (χ0v) is 13.3. The van der Waals surface area contributed by atoms with E-state index in [-0.39, 0.29) is 0 Å². The molecule has 21 heavy (non-hydrogen) atoms. The van der Waals surface area contributed by atoms with Gasteiger partial charge in [-0.3, -0.25) is 0 Å². The molecular formula is C16H24N2O3. The Morgan fingerprint density at radius 1 is 1.19 bits per heavy atom. The summed E-state index contributed by atoms with van der Waals surface area (Å²) in [5.74, 6) is 1.30. The molecule has 1 unspecified atom stereocenters. The van der Waals surface area contributed by atoms with Crippen molar-refractivity contribution in [1.82, 2.24) is 10.0 Å². The summed E-state index contributed by atoms with van der Waals surface area (Å²) in [6.45, 7) is 3.92. The normalized spacial score (nSPS) is 18.5. The lowest BCUT2D eigenvalue weighted by molar-refractivity contribution is -0.131. The van der Waals surface area contributed by atoms with Crippen LogP contribution in [-0.4, -0.2) is 50.7 Å². The van der Waals surface area contributed by atoms with Crippen molar-refractivity contribution in [3.63, 3.8) is 0 Å². The molecule has 5 heteroatoms. The summed E-state index contributed by atoms with van der Waals surface area (Å²) in [4.78, 5) is 11.8. The predicted octanol–water partition coefficient (Wildman–Crippen LogP) is 2.06. The molecule has 116 valence electrons. The molecule has 0 aromatic heterocycles. The quantitative estimate of drug-likeness (QED) is 0.751. The van der Waals surface area contributed by atoms with Gasteiger partial charge in [-0.1, -0.05) is 6.07 Å². The largest absolute Gasteiger partial charge is 0.493 e. The molecule has 1 aromatic carbocycles. The number of aldehydes is 1. The van der Waals surface area contributed by atoms with Crippen molar-refractivity contribution < 1.29 is 14.3 Å². The Morgan fingerprint density at radius 2 is 1.81 bits per heavy atom. The summed E-state index contributed by atoms with van der Waals surface area (Å²) < 4.78 is 10.6. The van der Waals surface area contributed by atoms with E-state index >= 15 is 0 Å². The van der Waals surface area contributed by atoms with E-state index in [4.69, 9.17) is 9.47 Å². The number of hydrazine groups is 1. The number of nitrogens with zero attached hydrogens (tertiary/aromatic N) is 2. The molecule has 0 saturated carbocycles. The summed E-state index contributed by atoms with van der Waals surface area (Å²) >= 11 is 0. The number of carbonyl (C=O) groups is 1. The van der Waals surface area contributed by atoms with Gasteiger partial charge in [-0.15, -0.1) is 0 Å². The highest BCUT2D eigenvalue weighted by Crippen LogP contribution is 2.35. The highest BCUT2D eigenvalue weighted by Gasteiger charge is 2.36. The highest BCUT2D eigenvalue weighted by molar-refractivity contribution is 5.68. The van der Waals surface area contributed by atoms with Gasteiger partial charge in [0.1, 0.15) is 11.8 Å². The van der Waals surface area contributed by atoms with Crippen LogP contribution in [0, 0.1) is 0 Å². The molecule has 0 radical (unpaired) electrons. The minimum atomic E-state index is -0.718. The van der Waals surface area contributed by atoms with Crippen LogP contribution in [-0.2, 0) is 10.3 Å². The average Bonchev–Trinajstić information content (AvgIpc) is 3.06. The van der Waals surface area contributed by atoms with Crippen LogP contribution in [0.5, 0.6) is 11.5 Å². The molecule has 0 amide bonds. The Kier molecular flexibility index (Phi) is 4.85. The van der Waals surface area contributed by atoms with Crippen LogP contribution in [0.25, 0.3) is 0 Å². The minimum absolute atomic E-state index is 0.637. The Balaban J connectivity index is 2.36. The first-order chi connectivity index (χ1) is 10.1. The number of ether oxygens (including phenoxy) is 2. The molecule has 1 atom stereocenters. The van der Waals surface area contributed by atoms with Crippen molar-refractivity contribution >= 4 is 6.29 Å². The van der Waals surface area contributed by atoms with Crippen LogP contribution in [0.2, 0.25) is 0 Å². The van der Waals surface area contributed by atoms with Crippen molar-refractivity contribution in [3.8, 4) is 11.5 Å². The molecule has 1 aromatic rings.